The second-order valence-electron chi connectivity index (χ2n) is 7.42. The second kappa shape index (κ2) is 7.23. The van der Waals surface area contributed by atoms with E-state index in [0.29, 0.717) is 12.3 Å². The van der Waals surface area contributed by atoms with Gasteiger partial charge in [0, 0.05) is 12.1 Å². The van der Waals surface area contributed by atoms with Crippen molar-refractivity contribution >= 4 is 0 Å². The third-order valence-electron chi connectivity index (χ3n) is 3.04. The zero-order chi connectivity index (χ0) is 16.1. The molecule has 120 valence electrons. The van der Waals surface area contributed by atoms with Crippen LogP contribution in [0.2, 0.25) is 0 Å². The van der Waals surface area contributed by atoms with E-state index in [1.807, 2.05) is 0 Å². The molecule has 0 bridgehead atoms. The van der Waals surface area contributed by atoms with Crippen molar-refractivity contribution in [2.75, 3.05) is 13.2 Å². The molecule has 1 unspecified atom stereocenters. The van der Waals surface area contributed by atoms with Crippen molar-refractivity contribution in [2.45, 2.75) is 52.7 Å². The van der Waals surface area contributed by atoms with E-state index in [4.69, 9.17) is 4.74 Å². The fraction of sp³-hybridized carbons (Fsp3) is 0.647. The highest BCUT2D eigenvalue weighted by Gasteiger charge is 2.25. The first kappa shape index (κ1) is 17.9. The average Bonchev–Trinajstić information content (AvgIpc) is 2.33. The maximum atomic E-state index is 12.8. The fourth-order valence-corrected chi connectivity index (χ4v) is 2.56. The summed E-state index contributed by atoms with van der Waals surface area (Å²) in [6, 6.07) is 5.79. The fourth-order valence-electron chi connectivity index (χ4n) is 2.56. The monoisotopic (exact) mass is 297 g/mol. The molecule has 0 aliphatic rings. The molecule has 0 radical (unpaired) electrons. The Bertz CT molecular complexity index is 423. The smallest absolute Gasteiger partial charge is 0.123 e. The van der Waals surface area contributed by atoms with Gasteiger partial charge in [-0.1, -0.05) is 20.8 Å². The van der Waals surface area contributed by atoms with Crippen molar-refractivity contribution < 1.29 is 14.2 Å². The van der Waals surface area contributed by atoms with Crippen LogP contribution in [0.15, 0.2) is 24.3 Å². The molecule has 1 atom stereocenters. The van der Waals surface area contributed by atoms with E-state index in [0.717, 1.165) is 6.42 Å². The molecular formula is C17H28FNO2. The van der Waals surface area contributed by atoms with Crippen LogP contribution in [0.1, 0.15) is 41.0 Å². The van der Waals surface area contributed by atoms with Gasteiger partial charge in [0.2, 0.25) is 0 Å². The molecule has 1 aromatic rings. The maximum absolute atomic E-state index is 12.8. The number of ether oxygens (including phenoxy) is 1. The first-order valence-corrected chi connectivity index (χ1v) is 7.39. The van der Waals surface area contributed by atoms with Crippen LogP contribution in [-0.2, 0) is 0 Å². The SMILES string of the molecule is CC(C)(C)CC(C)(C)NCC(O)COc1ccc(F)cc1. The minimum absolute atomic E-state index is 0.0465. The molecule has 0 amide bonds. The normalized spacial score (nSPS) is 14.0. The molecule has 0 fully saturated rings. The van der Waals surface area contributed by atoms with Crippen molar-refractivity contribution in [1.29, 1.82) is 0 Å². The van der Waals surface area contributed by atoms with E-state index in [1.165, 1.54) is 12.1 Å². The number of hydrogen-bond acceptors (Lipinski definition) is 3. The van der Waals surface area contributed by atoms with E-state index in [9.17, 15) is 9.50 Å². The highest BCUT2D eigenvalue weighted by Crippen LogP contribution is 2.26. The van der Waals surface area contributed by atoms with Crippen LogP contribution < -0.4 is 10.1 Å². The Hall–Kier alpha value is -1.13. The Kier molecular flexibility index (Phi) is 6.17. The van der Waals surface area contributed by atoms with Crippen LogP contribution in [0.3, 0.4) is 0 Å². The molecule has 0 saturated carbocycles. The van der Waals surface area contributed by atoms with Gasteiger partial charge in [0.1, 0.15) is 24.3 Å². The Morgan fingerprint density at radius 2 is 1.71 bits per heavy atom. The maximum Gasteiger partial charge on any atom is 0.123 e. The highest BCUT2D eigenvalue weighted by atomic mass is 19.1. The van der Waals surface area contributed by atoms with Gasteiger partial charge in [-0.05, 0) is 49.9 Å². The van der Waals surface area contributed by atoms with Crippen molar-refractivity contribution in [3.8, 4) is 5.75 Å². The molecule has 2 N–H and O–H groups in total. The van der Waals surface area contributed by atoms with Gasteiger partial charge >= 0.3 is 0 Å². The van der Waals surface area contributed by atoms with E-state index in [1.54, 1.807) is 12.1 Å². The van der Waals surface area contributed by atoms with Gasteiger partial charge in [0.25, 0.3) is 0 Å². The Labute approximate surface area is 127 Å². The van der Waals surface area contributed by atoms with Gasteiger partial charge in [-0.2, -0.15) is 0 Å². The number of rotatable bonds is 7. The van der Waals surface area contributed by atoms with Crippen LogP contribution in [0, 0.1) is 11.2 Å². The van der Waals surface area contributed by atoms with Crippen molar-refractivity contribution in [3.63, 3.8) is 0 Å². The Morgan fingerprint density at radius 1 is 1.14 bits per heavy atom. The van der Waals surface area contributed by atoms with Gasteiger partial charge < -0.3 is 15.2 Å². The van der Waals surface area contributed by atoms with Gasteiger partial charge in [-0.3, -0.25) is 0 Å². The molecule has 1 rings (SSSR count). The average molecular weight is 297 g/mol. The minimum Gasteiger partial charge on any atom is -0.491 e. The first-order chi connectivity index (χ1) is 9.57. The lowest BCUT2D eigenvalue weighted by molar-refractivity contribution is 0.0944. The molecule has 0 aromatic heterocycles. The number of β-amino-alcohol motifs (C(OH)–C–C–N with tert-alkyl or cyclic N) is 1. The molecule has 0 spiro atoms. The van der Waals surface area contributed by atoms with Crippen molar-refractivity contribution in [1.82, 2.24) is 5.32 Å². The van der Waals surface area contributed by atoms with Gasteiger partial charge in [0.15, 0.2) is 0 Å². The molecular weight excluding hydrogens is 269 g/mol. The molecule has 0 aliphatic heterocycles. The van der Waals surface area contributed by atoms with E-state index < -0.39 is 6.10 Å². The Balaban J connectivity index is 2.33. The number of hydrogen-bond donors (Lipinski definition) is 2. The van der Waals surface area contributed by atoms with E-state index >= 15 is 0 Å². The van der Waals surface area contributed by atoms with E-state index in [2.05, 4.69) is 39.9 Å². The Morgan fingerprint density at radius 3 is 2.24 bits per heavy atom. The van der Waals surface area contributed by atoms with Crippen molar-refractivity contribution in [3.05, 3.63) is 30.1 Å². The summed E-state index contributed by atoms with van der Waals surface area (Å²) in [4.78, 5) is 0. The van der Waals surface area contributed by atoms with Crippen LogP contribution in [0.4, 0.5) is 4.39 Å². The lowest BCUT2D eigenvalue weighted by atomic mass is 9.82. The summed E-state index contributed by atoms with van der Waals surface area (Å²) in [7, 11) is 0. The van der Waals surface area contributed by atoms with Crippen LogP contribution in [0.25, 0.3) is 0 Å². The third-order valence-corrected chi connectivity index (χ3v) is 3.04. The summed E-state index contributed by atoms with van der Waals surface area (Å²) in [6.45, 7) is 11.5. The lowest BCUT2D eigenvalue weighted by Gasteiger charge is -2.34. The molecule has 21 heavy (non-hydrogen) atoms. The molecule has 4 heteroatoms. The summed E-state index contributed by atoms with van der Waals surface area (Å²) < 4.78 is 18.2. The lowest BCUT2D eigenvalue weighted by Crippen LogP contribution is -2.46. The summed E-state index contributed by atoms with van der Waals surface area (Å²) in [5.41, 5.74) is 0.182. The topological polar surface area (TPSA) is 41.5 Å². The van der Waals surface area contributed by atoms with Crippen LogP contribution in [0.5, 0.6) is 5.75 Å². The quantitative estimate of drug-likeness (QED) is 0.811. The molecule has 0 heterocycles. The molecule has 0 saturated heterocycles. The number of aliphatic hydroxyl groups excluding tert-OH is 1. The minimum atomic E-state index is -0.603. The van der Waals surface area contributed by atoms with Gasteiger partial charge in [-0.15, -0.1) is 0 Å². The standard InChI is InChI=1S/C17H28FNO2/c1-16(2,3)12-17(4,5)19-10-14(20)11-21-15-8-6-13(18)7-9-15/h6-9,14,19-20H,10-12H2,1-5H3. The molecule has 3 nitrogen and oxygen atoms in total. The predicted octanol–water partition coefficient (Wildman–Crippen LogP) is 3.37. The summed E-state index contributed by atoms with van der Waals surface area (Å²) in [5.74, 6) is 0.262. The molecule has 0 aliphatic carbocycles. The van der Waals surface area contributed by atoms with Crippen molar-refractivity contribution in [2.24, 2.45) is 5.41 Å². The third kappa shape index (κ3) is 8.02. The number of benzene rings is 1. The predicted molar refractivity (Wildman–Crippen MR) is 84.1 cm³/mol. The first-order valence-electron chi connectivity index (χ1n) is 7.39. The largest absolute Gasteiger partial charge is 0.491 e. The zero-order valence-corrected chi connectivity index (χ0v) is 13.7. The number of nitrogens with one attached hydrogen (secondary N) is 1. The zero-order valence-electron chi connectivity index (χ0n) is 13.7. The van der Waals surface area contributed by atoms with Gasteiger partial charge in [-0.25, -0.2) is 4.39 Å². The number of halogens is 1. The summed E-state index contributed by atoms with van der Waals surface area (Å²) in [5, 5.41) is 13.3. The van der Waals surface area contributed by atoms with Crippen LogP contribution >= 0.6 is 0 Å². The van der Waals surface area contributed by atoms with Gasteiger partial charge in [0.05, 0.1) is 0 Å². The molecule has 1 aromatic carbocycles. The summed E-state index contributed by atoms with van der Waals surface area (Å²) in [6.07, 6.45) is 0.403. The second-order valence-corrected chi connectivity index (χ2v) is 7.42. The van der Waals surface area contributed by atoms with E-state index in [-0.39, 0.29) is 23.4 Å². The van der Waals surface area contributed by atoms with Crippen LogP contribution in [-0.4, -0.2) is 29.9 Å². The number of aliphatic hydroxyl groups is 1. The summed E-state index contributed by atoms with van der Waals surface area (Å²) >= 11 is 0. The highest BCUT2D eigenvalue weighted by molar-refractivity contribution is 5.22.